The van der Waals surface area contributed by atoms with Gasteiger partial charge in [-0.3, -0.25) is 4.79 Å². The molecule has 14 heavy (non-hydrogen) atoms. The molecule has 1 aromatic rings. The van der Waals surface area contributed by atoms with Crippen LogP contribution in [0.4, 0.5) is 0 Å². The lowest BCUT2D eigenvalue weighted by Gasteiger charge is -2.02. The van der Waals surface area contributed by atoms with Crippen LogP contribution >= 0.6 is 0 Å². The number of hydrogen-bond donors (Lipinski definition) is 1. The van der Waals surface area contributed by atoms with Crippen LogP contribution in [0.25, 0.3) is 0 Å². The molecule has 0 unspecified atom stereocenters. The molecule has 0 bridgehead atoms. The van der Waals surface area contributed by atoms with Gasteiger partial charge in [-0.05, 0) is 37.8 Å². The molecule has 0 aromatic heterocycles. The molecule has 0 saturated heterocycles. The topological polar surface area (TPSA) is 37.3 Å². The summed E-state index contributed by atoms with van der Waals surface area (Å²) in [5, 5.41) is 8.63. The molecule has 0 amide bonds. The van der Waals surface area contributed by atoms with Gasteiger partial charge >= 0.3 is 0 Å². The van der Waals surface area contributed by atoms with Crippen molar-refractivity contribution < 1.29 is 9.90 Å². The smallest absolute Gasteiger partial charge is 0.159 e. The van der Waals surface area contributed by atoms with E-state index < -0.39 is 0 Å². The fourth-order valence-corrected chi connectivity index (χ4v) is 1.39. The summed E-state index contributed by atoms with van der Waals surface area (Å²) in [4.78, 5) is 11.1. The number of hydrogen-bond acceptors (Lipinski definition) is 2. The standard InChI is InChI=1S/C12H16O2/c1-10(14)12-7-4-6-11(9-12)5-2-3-8-13/h4,6-7,9,13H,2-3,5,8H2,1H3. The van der Waals surface area contributed by atoms with Gasteiger partial charge in [0.1, 0.15) is 0 Å². The van der Waals surface area contributed by atoms with Crippen molar-refractivity contribution in [3.63, 3.8) is 0 Å². The van der Waals surface area contributed by atoms with Crippen molar-refractivity contribution in [3.8, 4) is 0 Å². The number of ketones is 1. The van der Waals surface area contributed by atoms with E-state index in [9.17, 15) is 4.79 Å². The van der Waals surface area contributed by atoms with Gasteiger partial charge in [-0.15, -0.1) is 0 Å². The Morgan fingerprint density at radius 2 is 2.14 bits per heavy atom. The Morgan fingerprint density at radius 1 is 1.36 bits per heavy atom. The van der Waals surface area contributed by atoms with Crippen LogP contribution in [0.1, 0.15) is 35.7 Å². The Hall–Kier alpha value is -1.15. The maximum absolute atomic E-state index is 11.1. The summed E-state index contributed by atoms with van der Waals surface area (Å²) in [6, 6.07) is 7.69. The third-order valence-corrected chi connectivity index (χ3v) is 2.21. The van der Waals surface area contributed by atoms with Gasteiger partial charge < -0.3 is 5.11 Å². The van der Waals surface area contributed by atoms with Gasteiger partial charge in [-0.2, -0.15) is 0 Å². The summed E-state index contributed by atoms with van der Waals surface area (Å²) >= 11 is 0. The summed E-state index contributed by atoms with van der Waals surface area (Å²) < 4.78 is 0. The SMILES string of the molecule is CC(=O)c1cccc(CCCCO)c1. The fraction of sp³-hybridized carbons (Fsp3) is 0.417. The molecule has 2 heteroatoms. The summed E-state index contributed by atoms with van der Waals surface area (Å²) in [6.07, 6.45) is 2.73. The predicted octanol–water partition coefficient (Wildman–Crippen LogP) is 2.20. The van der Waals surface area contributed by atoms with Crippen molar-refractivity contribution in [2.24, 2.45) is 0 Å². The molecule has 1 aromatic carbocycles. The molecule has 0 spiro atoms. The van der Waals surface area contributed by atoms with Crippen molar-refractivity contribution in [1.82, 2.24) is 0 Å². The number of Topliss-reactive ketones (excluding diaryl/α,β-unsaturated/α-hetero) is 1. The van der Waals surface area contributed by atoms with Gasteiger partial charge in [0.15, 0.2) is 5.78 Å². The van der Waals surface area contributed by atoms with E-state index in [-0.39, 0.29) is 12.4 Å². The Labute approximate surface area is 84.6 Å². The number of benzene rings is 1. The van der Waals surface area contributed by atoms with Gasteiger partial charge in [0.05, 0.1) is 0 Å². The van der Waals surface area contributed by atoms with Crippen molar-refractivity contribution in [3.05, 3.63) is 35.4 Å². The largest absolute Gasteiger partial charge is 0.396 e. The third kappa shape index (κ3) is 3.30. The first-order valence-corrected chi connectivity index (χ1v) is 4.95. The highest BCUT2D eigenvalue weighted by Crippen LogP contribution is 2.09. The highest BCUT2D eigenvalue weighted by Gasteiger charge is 1.99. The van der Waals surface area contributed by atoms with Crippen LogP contribution in [-0.4, -0.2) is 17.5 Å². The van der Waals surface area contributed by atoms with Gasteiger partial charge in [0, 0.05) is 12.2 Å². The molecular formula is C12H16O2. The van der Waals surface area contributed by atoms with E-state index in [2.05, 4.69) is 0 Å². The van der Waals surface area contributed by atoms with Crippen LogP contribution in [0.15, 0.2) is 24.3 Å². The summed E-state index contributed by atoms with van der Waals surface area (Å²) in [5.41, 5.74) is 1.94. The maximum Gasteiger partial charge on any atom is 0.159 e. The molecule has 2 nitrogen and oxygen atoms in total. The van der Waals surface area contributed by atoms with Crippen LogP contribution in [0, 0.1) is 0 Å². The predicted molar refractivity (Wildman–Crippen MR) is 56.5 cm³/mol. The van der Waals surface area contributed by atoms with E-state index in [4.69, 9.17) is 5.11 Å². The van der Waals surface area contributed by atoms with Crippen LogP contribution in [-0.2, 0) is 6.42 Å². The van der Waals surface area contributed by atoms with Crippen molar-refractivity contribution in [1.29, 1.82) is 0 Å². The van der Waals surface area contributed by atoms with E-state index in [0.29, 0.717) is 0 Å². The van der Waals surface area contributed by atoms with Crippen LogP contribution < -0.4 is 0 Å². The minimum atomic E-state index is 0.106. The fourth-order valence-electron chi connectivity index (χ4n) is 1.39. The Balaban J connectivity index is 2.59. The van der Waals surface area contributed by atoms with Gasteiger partial charge in [0.25, 0.3) is 0 Å². The Morgan fingerprint density at radius 3 is 2.79 bits per heavy atom. The third-order valence-electron chi connectivity index (χ3n) is 2.21. The zero-order valence-electron chi connectivity index (χ0n) is 8.49. The molecule has 0 heterocycles. The molecule has 1 N–H and O–H groups in total. The second kappa shape index (κ2) is 5.55. The summed E-state index contributed by atoms with van der Waals surface area (Å²) in [5.74, 6) is 0.106. The minimum Gasteiger partial charge on any atom is -0.396 e. The molecule has 0 radical (unpaired) electrons. The molecule has 0 saturated carbocycles. The number of unbranched alkanes of at least 4 members (excludes halogenated alkanes) is 1. The maximum atomic E-state index is 11.1. The van der Waals surface area contributed by atoms with Crippen molar-refractivity contribution in [2.45, 2.75) is 26.2 Å². The number of rotatable bonds is 5. The van der Waals surface area contributed by atoms with Crippen molar-refractivity contribution >= 4 is 5.78 Å². The second-order valence-electron chi connectivity index (χ2n) is 3.44. The minimum absolute atomic E-state index is 0.106. The summed E-state index contributed by atoms with van der Waals surface area (Å²) in [6.45, 7) is 1.82. The Kier molecular flexibility index (Phi) is 4.33. The van der Waals surface area contributed by atoms with Crippen LogP contribution in [0.3, 0.4) is 0 Å². The molecular weight excluding hydrogens is 176 g/mol. The molecule has 0 aliphatic heterocycles. The first-order valence-electron chi connectivity index (χ1n) is 4.95. The average Bonchev–Trinajstić information content (AvgIpc) is 2.19. The lowest BCUT2D eigenvalue weighted by atomic mass is 10.0. The molecule has 0 fully saturated rings. The first kappa shape index (κ1) is 10.9. The highest BCUT2D eigenvalue weighted by atomic mass is 16.2. The number of aryl methyl sites for hydroxylation is 1. The van der Waals surface area contributed by atoms with Crippen LogP contribution in [0.5, 0.6) is 0 Å². The normalized spacial score (nSPS) is 10.1. The molecule has 0 aliphatic rings. The van der Waals surface area contributed by atoms with E-state index in [1.807, 2.05) is 24.3 Å². The van der Waals surface area contributed by atoms with Crippen LogP contribution in [0.2, 0.25) is 0 Å². The summed E-state index contributed by atoms with van der Waals surface area (Å²) in [7, 11) is 0. The Bertz CT molecular complexity index is 305. The number of aliphatic hydroxyl groups is 1. The number of aliphatic hydroxyl groups excluding tert-OH is 1. The lowest BCUT2D eigenvalue weighted by Crippen LogP contribution is -1.94. The number of carbonyl (C=O) groups is 1. The zero-order valence-corrected chi connectivity index (χ0v) is 8.49. The molecule has 0 aliphatic carbocycles. The van der Waals surface area contributed by atoms with Gasteiger partial charge in [-0.25, -0.2) is 0 Å². The van der Waals surface area contributed by atoms with Gasteiger partial charge in [0.2, 0.25) is 0 Å². The van der Waals surface area contributed by atoms with E-state index in [1.54, 1.807) is 6.92 Å². The molecule has 1 rings (SSSR count). The quantitative estimate of drug-likeness (QED) is 0.573. The highest BCUT2D eigenvalue weighted by molar-refractivity contribution is 5.94. The second-order valence-corrected chi connectivity index (χ2v) is 3.44. The zero-order chi connectivity index (χ0) is 10.4. The van der Waals surface area contributed by atoms with E-state index >= 15 is 0 Å². The molecule has 76 valence electrons. The lowest BCUT2D eigenvalue weighted by molar-refractivity contribution is 0.101. The number of carbonyl (C=O) groups excluding carboxylic acids is 1. The van der Waals surface area contributed by atoms with E-state index in [0.717, 1.165) is 24.8 Å². The average molecular weight is 192 g/mol. The van der Waals surface area contributed by atoms with Crippen molar-refractivity contribution in [2.75, 3.05) is 6.61 Å². The van der Waals surface area contributed by atoms with E-state index in [1.165, 1.54) is 5.56 Å². The molecule has 0 atom stereocenters. The van der Waals surface area contributed by atoms with Gasteiger partial charge in [-0.1, -0.05) is 18.2 Å². The first-order chi connectivity index (χ1) is 6.74. The monoisotopic (exact) mass is 192 g/mol.